The zero-order valence-electron chi connectivity index (χ0n) is 15.9. The van der Waals surface area contributed by atoms with Crippen LogP contribution >= 0.6 is 0 Å². The topological polar surface area (TPSA) is 109 Å². The third-order valence-electron chi connectivity index (χ3n) is 3.84. The molecule has 3 aromatic rings. The molecule has 0 unspecified atom stereocenters. The quantitative estimate of drug-likeness (QED) is 0.465. The Morgan fingerprint density at radius 3 is 2.48 bits per heavy atom. The van der Waals surface area contributed by atoms with Crippen molar-refractivity contribution >= 4 is 33.6 Å². The lowest BCUT2D eigenvalue weighted by atomic mass is 10.2. The van der Waals surface area contributed by atoms with Gasteiger partial charge in [0.2, 0.25) is 10.0 Å². The van der Waals surface area contributed by atoms with Gasteiger partial charge in [0, 0.05) is 30.8 Å². The fraction of sp³-hybridized carbons (Fsp3) is 0.150. The summed E-state index contributed by atoms with van der Waals surface area (Å²) >= 11 is 0. The first-order valence-corrected chi connectivity index (χ1v) is 10.5. The van der Waals surface area contributed by atoms with Crippen molar-refractivity contribution in [2.24, 2.45) is 0 Å². The smallest absolute Gasteiger partial charge is 0.233 e. The Balaban J connectivity index is 1.47. The van der Waals surface area contributed by atoms with E-state index in [2.05, 4.69) is 30.3 Å². The van der Waals surface area contributed by atoms with Crippen molar-refractivity contribution in [3.8, 4) is 0 Å². The summed E-state index contributed by atoms with van der Waals surface area (Å²) in [6.45, 7) is 2.57. The molecule has 0 saturated carbocycles. The van der Waals surface area contributed by atoms with Crippen LogP contribution in [0.3, 0.4) is 0 Å². The molecular weight excluding hydrogens is 388 g/mol. The second-order valence-corrected chi connectivity index (χ2v) is 7.86. The van der Waals surface area contributed by atoms with Crippen LogP contribution in [-0.4, -0.2) is 36.5 Å². The van der Waals surface area contributed by atoms with Gasteiger partial charge >= 0.3 is 0 Å². The normalized spacial score (nSPS) is 11.5. The van der Waals surface area contributed by atoms with E-state index in [1.54, 1.807) is 18.3 Å². The highest BCUT2D eigenvalue weighted by Crippen LogP contribution is 2.13. The lowest BCUT2D eigenvalue weighted by Crippen LogP contribution is -2.27. The number of rotatable bonds is 9. The number of hydrogen-bond acceptors (Lipinski definition) is 7. The van der Waals surface area contributed by atoms with Crippen LogP contribution in [0.1, 0.15) is 11.1 Å². The minimum absolute atomic E-state index is 0.216. The van der Waals surface area contributed by atoms with Crippen molar-refractivity contribution in [2.75, 3.05) is 23.7 Å². The van der Waals surface area contributed by atoms with Crippen molar-refractivity contribution in [3.05, 3.63) is 77.6 Å². The Hall–Kier alpha value is -3.30. The van der Waals surface area contributed by atoms with Crippen molar-refractivity contribution in [1.29, 1.82) is 0 Å². The molecule has 0 amide bonds. The summed E-state index contributed by atoms with van der Waals surface area (Å²) in [7, 11) is -3.52. The summed E-state index contributed by atoms with van der Waals surface area (Å²) in [5.41, 5.74) is 1.95. The molecule has 3 N–H and O–H groups in total. The van der Waals surface area contributed by atoms with Crippen LogP contribution in [0.2, 0.25) is 0 Å². The van der Waals surface area contributed by atoms with E-state index in [0.29, 0.717) is 24.0 Å². The molecule has 1 aromatic carbocycles. The lowest BCUT2D eigenvalue weighted by molar-refractivity contribution is 0.592. The zero-order valence-corrected chi connectivity index (χ0v) is 16.7. The number of nitrogens with zero attached hydrogens (tertiary/aromatic N) is 3. The van der Waals surface area contributed by atoms with E-state index in [4.69, 9.17) is 0 Å². The number of anilines is 3. The average Bonchev–Trinajstić information content (AvgIpc) is 2.72. The van der Waals surface area contributed by atoms with Gasteiger partial charge in [-0.1, -0.05) is 35.9 Å². The van der Waals surface area contributed by atoms with E-state index in [0.717, 1.165) is 16.5 Å². The molecule has 0 fully saturated rings. The van der Waals surface area contributed by atoms with Gasteiger partial charge in [-0.25, -0.2) is 28.1 Å². The number of nitrogens with one attached hydrogen (secondary N) is 3. The first-order valence-electron chi connectivity index (χ1n) is 8.99. The van der Waals surface area contributed by atoms with E-state index in [9.17, 15) is 8.42 Å². The molecule has 0 atom stereocenters. The van der Waals surface area contributed by atoms with Crippen molar-refractivity contribution in [3.63, 3.8) is 0 Å². The van der Waals surface area contributed by atoms with Gasteiger partial charge in [-0.3, -0.25) is 0 Å². The first kappa shape index (κ1) is 20.4. The maximum atomic E-state index is 12.1. The first-order chi connectivity index (χ1) is 14.0. The number of hydrogen-bond donors (Lipinski definition) is 3. The average molecular weight is 411 g/mol. The molecule has 0 aliphatic carbocycles. The Morgan fingerprint density at radius 2 is 1.72 bits per heavy atom. The van der Waals surface area contributed by atoms with Crippen LogP contribution in [0.4, 0.5) is 17.5 Å². The van der Waals surface area contributed by atoms with Crippen LogP contribution < -0.4 is 15.4 Å². The number of benzene rings is 1. The highest BCUT2D eigenvalue weighted by Gasteiger charge is 2.05. The Kier molecular flexibility index (Phi) is 6.88. The minimum Gasteiger partial charge on any atom is -0.369 e. The molecule has 8 nitrogen and oxygen atoms in total. The van der Waals surface area contributed by atoms with Gasteiger partial charge in [-0.05, 0) is 30.7 Å². The fourth-order valence-electron chi connectivity index (χ4n) is 2.37. The van der Waals surface area contributed by atoms with Crippen LogP contribution in [0, 0.1) is 6.92 Å². The zero-order chi connectivity index (χ0) is 20.5. The van der Waals surface area contributed by atoms with Gasteiger partial charge in [0.15, 0.2) is 0 Å². The van der Waals surface area contributed by atoms with Crippen LogP contribution in [0.5, 0.6) is 0 Å². The SMILES string of the molecule is Cc1ccc(/C=C/S(=O)(=O)NCCNc2cc(Nc3ccccn3)ncn2)cc1. The van der Waals surface area contributed by atoms with Gasteiger partial charge < -0.3 is 10.6 Å². The number of pyridine rings is 1. The predicted molar refractivity (Wildman–Crippen MR) is 115 cm³/mol. The van der Waals surface area contributed by atoms with E-state index in [1.807, 2.05) is 49.4 Å². The molecule has 0 saturated heterocycles. The largest absolute Gasteiger partial charge is 0.369 e. The van der Waals surface area contributed by atoms with Gasteiger partial charge in [0.1, 0.15) is 23.8 Å². The number of aryl methyl sites for hydroxylation is 1. The van der Waals surface area contributed by atoms with Crippen LogP contribution in [-0.2, 0) is 10.0 Å². The third-order valence-corrected chi connectivity index (χ3v) is 4.94. The van der Waals surface area contributed by atoms with E-state index in [1.165, 1.54) is 6.33 Å². The molecule has 0 aliphatic rings. The number of aromatic nitrogens is 3. The van der Waals surface area contributed by atoms with Crippen molar-refractivity contribution in [2.45, 2.75) is 6.92 Å². The molecule has 9 heteroatoms. The third kappa shape index (κ3) is 6.98. The van der Waals surface area contributed by atoms with Crippen LogP contribution in [0.15, 0.2) is 66.5 Å². The molecule has 0 spiro atoms. The van der Waals surface area contributed by atoms with E-state index < -0.39 is 10.0 Å². The molecule has 29 heavy (non-hydrogen) atoms. The Bertz CT molecular complexity index is 1050. The summed E-state index contributed by atoms with van der Waals surface area (Å²) in [6, 6.07) is 14.9. The summed E-state index contributed by atoms with van der Waals surface area (Å²) in [6.07, 6.45) is 4.67. The fourth-order valence-corrected chi connectivity index (χ4v) is 3.19. The molecule has 150 valence electrons. The maximum Gasteiger partial charge on any atom is 0.233 e. The molecule has 0 bridgehead atoms. The maximum absolute atomic E-state index is 12.1. The second kappa shape index (κ2) is 9.76. The Morgan fingerprint density at radius 1 is 0.931 bits per heavy atom. The lowest BCUT2D eigenvalue weighted by Gasteiger charge is -2.08. The predicted octanol–water partition coefficient (Wildman–Crippen LogP) is 2.93. The van der Waals surface area contributed by atoms with Crippen LogP contribution in [0.25, 0.3) is 6.08 Å². The molecule has 3 rings (SSSR count). The summed E-state index contributed by atoms with van der Waals surface area (Å²) < 4.78 is 26.7. The second-order valence-electron chi connectivity index (χ2n) is 6.21. The Labute approximate surface area is 170 Å². The van der Waals surface area contributed by atoms with Gasteiger partial charge in [0.05, 0.1) is 0 Å². The molecule has 2 heterocycles. The monoisotopic (exact) mass is 410 g/mol. The van der Waals surface area contributed by atoms with E-state index in [-0.39, 0.29) is 6.54 Å². The molecule has 0 radical (unpaired) electrons. The molecule has 2 aromatic heterocycles. The summed E-state index contributed by atoms with van der Waals surface area (Å²) in [4.78, 5) is 12.4. The van der Waals surface area contributed by atoms with Crippen molar-refractivity contribution in [1.82, 2.24) is 19.7 Å². The highest BCUT2D eigenvalue weighted by atomic mass is 32.2. The molecule has 0 aliphatic heterocycles. The minimum atomic E-state index is -3.52. The van der Waals surface area contributed by atoms with Gasteiger partial charge in [0.25, 0.3) is 0 Å². The molecular formula is C20H22N6O2S. The van der Waals surface area contributed by atoms with E-state index >= 15 is 0 Å². The van der Waals surface area contributed by atoms with Crippen molar-refractivity contribution < 1.29 is 8.42 Å². The highest BCUT2D eigenvalue weighted by molar-refractivity contribution is 7.92. The summed E-state index contributed by atoms with van der Waals surface area (Å²) in [5.74, 6) is 1.83. The van der Waals surface area contributed by atoms with Gasteiger partial charge in [-0.2, -0.15) is 0 Å². The van der Waals surface area contributed by atoms with Gasteiger partial charge in [-0.15, -0.1) is 0 Å². The standard InChI is InChI=1S/C20H22N6O2S/c1-16-5-7-17(8-6-16)9-13-29(27,28)25-12-11-22-19-14-20(24-15-23-19)26-18-4-2-3-10-21-18/h2-10,13-15,25H,11-12H2,1H3,(H2,21,22,23,24,26)/b13-9+. The summed E-state index contributed by atoms with van der Waals surface area (Å²) in [5, 5.41) is 7.30. The number of sulfonamides is 1.